The third kappa shape index (κ3) is 2.56. The fourth-order valence-electron chi connectivity index (χ4n) is 1.62. The normalized spacial score (nSPS) is 12.3. The molecule has 0 aliphatic rings. The SMILES string of the molecule is CC(COc1cccc2ccccc12)C(N)=O. The van der Waals surface area contributed by atoms with Crippen LogP contribution in [0.25, 0.3) is 10.8 Å². The van der Waals surface area contributed by atoms with E-state index in [0.717, 1.165) is 16.5 Å². The van der Waals surface area contributed by atoms with Crippen molar-refractivity contribution in [2.45, 2.75) is 6.92 Å². The summed E-state index contributed by atoms with van der Waals surface area (Å²) in [6, 6.07) is 13.8. The monoisotopic (exact) mass is 229 g/mol. The Morgan fingerprint density at radius 1 is 1.24 bits per heavy atom. The lowest BCUT2D eigenvalue weighted by Crippen LogP contribution is -2.25. The van der Waals surface area contributed by atoms with E-state index in [4.69, 9.17) is 10.5 Å². The van der Waals surface area contributed by atoms with Crippen LogP contribution < -0.4 is 10.5 Å². The predicted octanol–water partition coefficient (Wildman–Crippen LogP) is 2.34. The van der Waals surface area contributed by atoms with E-state index in [2.05, 4.69) is 0 Å². The largest absolute Gasteiger partial charge is 0.492 e. The molecule has 3 heteroatoms. The quantitative estimate of drug-likeness (QED) is 0.874. The number of amides is 1. The number of ether oxygens (including phenoxy) is 1. The van der Waals surface area contributed by atoms with Gasteiger partial charge in [0.2, 0.25) is 5.91 Å². The zero-order chi connectivity index (χ0) is 12.3. The molecule has 0 aliphatic carbocycles. The molecule has 0 aliphatic heterocycles. The number of benzene rings is 2. The summed E-state index contributed by atoms with van der Waals surface area (Å²) in [5.41, 5.74) is 5.19. The molecule has 1 unspecified atom stereocenters. The van der Waals surface area contributed by atoms with Gasteiger partial charge in [0.15, 0.2) is 0 Å². The Balaban J connectivity index is 2.21. The lowest BCUT2D eigenvalue weighted by molar-refractivity contribution is -0.122. The molecule has 0 spiro atoms. The maximum absolute atomic E-state index is 10.9. The second-order valence-corrected chi connectivity index (χ2v) is 4.09. The van der Waals surface area contributed by atoms with Crippen molar-refractivity contribution < 1.29 is 9.53 Å². The number of rotatable bonds is 4. The predicted molar refractivity (Wildman–Crippen MR) is 67.8 cm³/mol. The van der Waals surface area contributed by atoms with Crippen molar-refractivity contribution in [1.29, 1.82) is 0 Å². The van der Waals surface area contributed by atoms with Crippen molar-refractivity contribution in [3.8, 4) is 5.75 Å². The molecule has 1 amide bonds. The molecule has 2 aromatic carbocycles. The number of nitrogens with two attached hydrogens (primary N) is 1. The standard InChI is InChI=1S/C14H15NO2/c1-10(14(15)16)9-17-13-8-4-6-11-5-2-3-7-12(11)13/h2-8,10H,9H2,1H3,(H2,15,16). The summed E-state index contributed by atoms with van der Waals surface area (Å²) in [5, 5.41) is 2.17. The third-order valence-electron chi connectivity index (χ3n) is 2.72. The Morgan fingerprint density at radius 3 is 2.71 bits per heavy atom. The lowest BCUT2D eigenvalue weighted by Gasteiger charge is -2.11. The molecule has 0 aromatic heterocycles. The highest BCUT2D eigenvalue weighted by Gasteiger charge is 2.10. The highest BCUT2D eigenvalue weighted by Crippen LogP contribution is 2.25. The van der Waals surface area contributed by atoms with Gasteiger partial charge in [0.05, 0.1) is 12.5 Å². The molecule has 2 aromatic rings. The Morgan fingerprint density at radius 2 is 1.94 bits per heavy atom. The molecule has 0 saturated carbocycles. The average Bonchev–Trinajstić information content (AvgIpc) is 2.35. The molecule has 88 valence electrons. The Labute approximate surface area is 100 Å². The van der Waals surface area contributed by atoms with Gasteiger partial charge in [-0.15, -0.1) is 0 Å². The molecule has 2 rings (SSSR count). The van der Waals surface area contributed by atoms with E-state index in [1.807, 2.05) is 42.5 Å². The molecular formula is C14H15NO2. The summed E-state index contributed by atoms with van der Waals surface area (Å²) >= 11 is 0. The molecule has 0 saturated heterocycles. The first-order chi connectivity index (χ1) is 8.18. The summed E-state index contributed by atoms with van der Waals surface area (Å²) in [7, 11) is 0. The van der Waals surface area contributed by atoms with E-state index in [1.54, 1.807) is 6.92 Å². The molecule has 3 nitrogen and oxygen atoms in total. The van der Waals surface area contributed by atoms with Crippen molar-refractivity contribution in [2.75, 3.05) is 6.61 Å². The van der Waals surface area contributed by atoms with Crippen LogP contribution in [-0.4, -0.2) is 12.5 Å². The minimum atomic E-state index is -0.342. The highest BCUT2D eigenvalue weighted by atomic mass is 16.5. The van der Waals surface area contributed by atoms with Gasteiger partial charge < -0.3 is 10.5 Å². The summed E-state index contributed by atoms with van der Waals surface area (Å²) in [6.45, 7) is 2.07. The van der Waals surface area contributed by atoms with Crippen molar-refractivity contribution in [1.82, 2.24) is 0 Å². The molecule has 0 fully saturated rings. The average molecular weight is 229 g/mol. The van der Waals surface area contributed by atoms with Crippen LogP contribution in [-0.2, 0) is 4.79 Å². The zero-order valence-corrected chi connectivity index (χ0v) is 9.72. The lowest BCUT2D eigenvalue weighted by atomic mass is 10.1. The number of primary amides is 1. The maximum atomic E-state index is 10.9. The van der Waals surface area contributed by atoms with Gasteiger partial charge in [-0.2, -0.15) is 0 Å². The van der Waals surface area contributed by atoms with Crippen molar-refractivity contribution in [3.05, 3.63) is 42.5 Å². The summed E-state index contributed by atoms with van der Waals surface area (Å²) in [4.78, 5) is 10.9. The van der Waals surface area contributed by atoms with Gasteiger partial charge in [-0.1, -0.05) is 43.3 Å². The molecular weight excluding hydrogens is 214 g/mol. The van der Waals surface area contributed by atoms with E-state index in [9.17, 15) is 4.79 Å². The van der Waals surface area contributed by atoms with E-state index >= 15 is 0 Å². The van der Waals surface area contributed by atoms with Crippen LogP contribution in [0.3, 0.4) is 0 Å². The van der Waals surface area contributed by atoms with Gasteiger partial charge in [0.25, 0.3) is 0 Å². The van der Waals surface area contributed by atoms with Crippen LogP contribution in [0.15, 0.2) is 42.5 Å². The number of carbonyl (C=O) groups excluding carboxylic acids is 1. The second kappa shape index (κ2) is 4.87. The van der Waals surface area contributed by atoms with E-state index in [-0.39, 0.29) is 11.8 Å². The number of hydrogen-bond donors (Lipinski definition) is 1. The van der Waals surface area contributed by atoms with Gasteiger partial charge in [0, 0.05) is 5.39 Å². The summed E-state index contributed by atoms with van der Waals surface area (Å²) in [5.74, 6) is 0.162. The van der Waals surface area contributed by atoms with Crippen molar-refractivity contribution >= 4 is 16.7 Å². The van der Waals surface area contributed by atoms with E-state index in [1.165, 1.54) is 0 Å². The molecule has 1 atom stereocenters. The third-order valence-corrected chi connectivity index (χ3v) is 2.72. The molecule has 0 heterocycles. The fraction of sp³-hybridized carbons (Fsp3) is 0.214. The minimum Gasteiger partial charge on any atom is -0.492 e. The van der Waals surface area contributed by atoms with Gasteiger partial charge in [0.1, 0.15) is 5.75 Å². The topological polar surface area (TPSA) is 52.3 Å². The maximum Gasteiger partial charge on any atom is 0.223 e. The van der Waals surface area contributed by atoms with Crippen LogP contribution >= 0.6 is 0 Å². The van der Waals surface area contributed by atoms with Gasteiger partial charge >= 0.3 is 0 Å². The van der Waals surface area contributed by atoms with Crippen LogP contribution in [0.2, 0.25) is 0 Å². The Hall–Kier alpha value is -2.03. The zero-order valence-electron chi connectivity index (χ0n) is 9.72. The fourth-order valence-corrected chi connectivity index (χ4v) is 1.62. The molecule has 17 heavy (non-hydrogen) atoms. The number of fused-ring (bicyclic) bond motifs is 1. The Bertz CT molecular complexity index is 531. The van der Waals surface area contributed by atoms with Crippen molar-refractivity contribution in [3.63, 3.8) is 0 Å². The highest BCUT2D eigenvalue weighted by molar-refractivity contribution is 5.88. The summed E-state index contributed by atoms with van der Waals surface area (Å²) < 4.78 is 5.64. The first kappa shape index (κ1) is 11.5. The van der Waals surface area contributed by atoms with E-state index in [0.29, 0.717) is 6.61 Å². The minimum absolute atomic E-state index is 0.283. The molecule has 0 bridgehead atoms. The van der Waals surface area contributed by atoms with Crippen LogP contribution in [0.5, 0.6) is 5.75 Å². The number of hydrogen-bond acceptors (Lipinski definition) is 2. The van der Waals surface area contributed by atoms with Crippen LogP contribution in [0.4, 0.5) is 0 Å². The first-order valence-electron chi connectivity index (χ1n) is 5.58. The van der Waals surface area contributed by atoms with Gasteiger partial charge in [-0.3, -0.25) is 4.79 Å². The Kier molecular flexibility index (Phi) is 3.28. The second-order valence-electron chi connectivity index (χ2n) is 4.09. The smallest absolute Gasteiger partial charge is 0.223 e. The molecule has 0 radical (unpaired) electrons. The van der Waals surface area contributed by atoms with Crippen LogP contribution in [0.1, 0.15) is 6.92 Å². The molecule has 2 N–H and O–H groups in total. The van der Waals surface area contributed by atoms with Gasteiger partial charge in [-0.25, -0.2) is 0 Å². The summed E-state index contributed by atoms with van der Waals surface area (Å²) in [6.07, 6.45) is 0. The first-order valence-corrected chi connectivity index (χ1v) is 5.58. The van der Waals surface area contributed by atoms with Crippen molar-refractivity contribution in [2.24, 2.45) is 11.7 Å². The number of carbonyl (C=O) groups is 1. The van der Waals surface area contributed by atoms with Gasteiger partial charge in [-0.05, 0) is 11.5 Å². The van der Waals surface area contributed by atoms with E-state index < -0.39 is 0 Å². The van der Waals surface area contributed by atoms with Crippen LogP contribution in [0, 0.1) is 5.92 Å².